The zero-order valence-electron chi connectivity index (χ0n) is 23.8. The third kappa shape index (κ3) is 4.41. The fourth-order valence-corrected chi connectivity index (χ4v) is 6.87. The van der Waals surface area contributed by atoms with Crippen LogP contribution in [0.5, 0.6) is 0 Å². The Bertz CT molecular complexity index is 1600. The van der Waals surface area contributed by atoms with Gasteiger partial charge in [-0.05, 0) is 74.8 Å². The standard InChI is InChI=1S/C31H34F2N6O3/c1-19-36(2)29-25(38(19)20-10-16-42-17-11-20)8-6-23(28(29)37-15-14-31(18-37)12-13-31)34-30(41)24-7-9-26(40)39(35-24)27-21(32)4-3-5-22(27)33/h3-9,19-20H,10-18H2,1-2H3,(H,34,41). The van der Waals surface area contributed by atoms with Crippen molar-refractivity contribution in [2.75, 3.05) is 53.4 Å². The molecule has 42 heavy (non-hydrogen) atoms. The van der Waals surface area contributed by atoms with Crippen LogP contribution in [0.1, 0.15) is 49.5 Å². The number of para-hydroxylation sites is 1. The maximum atomic E-state index is 14.5. The van der Waals surface area contributed by atoms with Gasteiger partial charge in [0.2, 0.25) is 0 Å². The Morgan fingerprint density at radius 2 is 1.74 bits per heavy atom. The maximum Gasteiger partial charge on any atom is 0.276 e. The summed E-state index contributed by atoms with van der Waals surface area (Å²) in [6, 6.07) is 10.0. The summed E-state index contributed by atoms with van der Waals surface area (Å²) < 4.78 is 35.2. The van der Waals surface area contributed by atoms with Crippen LogP contribution in [0.2, 0.25) is 0 Å². The number of halogens is 2. The highest BCUT2D eigenvalue weighted by molar-refractivity contribution is 6.07. The Hall–Kier alpha value is -3.99. The molecule has 1 spiro atoms. The van der Waals surface area contributed by atoms with Gasteiger partial charge in [-0.3, -0.25) is 9.59 Å². The molecule has 11 heteroatoms. The van der Waals surface area contributed by atoms with Crippen LogP contribution in [0.4, 0.5) is 31.5 Å². The van der Waals surface area contributed by atoms with Gasteiger partial charge in [0, 0.05) is 45.5 Å². The molecule has 1 amide bonds. The summed E-state index contributed by atoms with van der Waals surface area (Å²) in [6.07, 6.45) is 5.61. The van der Waals surface area contributed by atoms with E-state index in [2.05, 4.69) is 45.2 Å². The molecule has 1 N–H and O–H groups in total. The molecule has 7 rings (SSSR count). The summed E-state index contributed by atoms with van der Waals surface area (Å²) in [7, 11) is 2.10. The number of nitrogens with zero attached hydrogens (tertiary/aromatic N) is 5. The lowest BCUT2D eigenvalue weighted by molar-refractivity contribution is 0.0834. The monoisotopic (exact) mass is 576 g/mol. The predicted octanol–water partition coefficient (Wildman–Crippen LogP) is 4.53. The van der Waals surface area contributed by atoms with E-state index in [1.165, 1.54) is 25.0 Å². The van der Waals surface area contributed by atoms with Crippen molar-refractivity contribution in [3.05, 3.63) is 70.1 Å². The molecule has 2 aromatic carbocycles. The first-order valence-electron chi connectivity index (χ1n) is 14.6. The lowest BCUT2D eigenvalue weighted by Crippen LogP contribution is -2.47. The summed E-state index contributed by atoms with van der Waals surface area (Å²) in [5, 5.41) is 7.09. The van der Waals surface area contributed by atoms with Crippen molar-refractivity contribution in [3.63, 3.8) is 0 Å². The number of hydrogen-bond acceptors (Lipinski definition) is 7. The molecule has 1 aromatic heterocycles. The Labute approximate surface area is 242 Å². The summed E-state index contributed by atoms with van der Waals surface area (Å²) in [6.45, 7) is 5.53. The molecular weight excluding hydrogens is 542 g/mol. The highest BCUT2D eigenvalue weighted by atomic mass is 19.1. The number of aromatic nitrogens is 2. The van der Waals surface area contributed by atoms with Crippen molar-refractivity contribution in [1.29, 1.82) is 0 Å². The van der Waals surface area contributed by atoms with Crippen LogP contribution in [0.15, 0.2) is 47.3 Å². The van der Waals surface area contributed by atoms with Crippen LogP contribution in [0.3, 0.4) is 0 Å². The Morgan fingerprint density at radius 1 is 1.00 bits per heavy atom. The van der Waals surface area contributed by atoms with E-state index in [0.717, 1.165) is 80.8 Å². The summed E-state index contributed by atoms with van der Waals surface area (Å²) in [5.74, 6) is -2.47. The second kappa shape index (κ2) is 10.1. The highest BCUT2D eigenvalue weighted by Crippen LogP contribution is 2.57. The first kappa shape index (κ1) is 26.9. The Balaban J connectivity index is 1.27. The smallest absolute Gasteiger partial charge is 0.276 e. The highest BCUT2D eigenvalue weighted by Gasteiger charge is 2.49. The molecule has 2 saturated heterocycles. The Kier molecular flexibility index (Phi) is 6.45. The molecule has 1 unspecified atom stereocenters. The van der Waals surface area contributed by atoms with Crippen LogP contribution in [-0.2, 0) is 4.74 Å². The number of ether oxygens (including phenoxy) is 1. The quantitative estimate of drug-likeness (QED) is 0.478. The fraction of sp³-hybridized carbons (Fsp3) is 0.452. The molecule has 4 aliphatic rings. The molecule has 1 atom stereocenters. The van der Waals surface area contributed by atoms with Gasteiger partial charge in [-0.1, -0.05) is 6.07 Å². The topological polar surface area (TPSA) is 82.9 Å². The molecule has 9 nitrogen and oxygen atoms in total. The van der Waals surface area contributed by atoms with E-state index < -0.39 is 28.8 Å². The third-order valence-electron chi connectivity index (χ3n) is 9.45. The zero-order chi connectivity index (χ0) is 29.2. The molecule has 1 saturated carbocycles. The van der Waals surface area contributed by atoms with Gasteiger partial charge in [0.1, 0.15) is 11.4 Å². The first-order chi connectivity index (χ1) is 20.3. The van der Waals surface area contributed by atoms with Crippen LogP contribution in [0.25, 0.3) is 5.69 Å². The average molecular weight is 577 g/mol. The van der Waals surface area contributed by atoms with Crippen molar-refractivity contribution < 1.29 is 18.3 Å². The number of hydrogen-bond donors (Lipinski definition) is 1. The summed E-state index contributed by atoms with van der Waals surface area (Å²) >= 11 is 0. The van der Waals surface area contributed by atoms with Gasteiger partial charge in [-0.25, -0.2) is 8.78 Å². The van der Waals surface area contributed by atoms with Crippen LogP contribution in [0, 0.1) is 17.0 Å². The number of nitrogens with one attached hydrogen (secondary N) is 1. The minimum Gasteiger partial charge on any atom is -0.381 e. The molecule has 3 aromatic rings. The predicted molar refractivity (Wildman–Crippen MR) is 157 cm³/mol. The van der Waals surface area contributed by atoms with E-state index in [-0.39, 0.29) is 11.9 Å². The number of amides is 1. The number of rotatable bonds is 5. The SMILES string of the molecule is CC1N(C)c2c(ccc(NC(=O)c3ccc(=O)n(-c4c(F)cccc4F)n3)c2N2CCC3(CC3)C2)N1C1CCOCC1. The third-order valence-corrected chi connectivity index (χ3v) is 9.45. The number of fused-ring (bicyclic) bond motifs is 1. The van der Waals surface area contributed by atoms with Crippen LogP contribution in [-0.4, -0.2) is 61.2 Å². The van der Waals surface area contributed by atoms with Gasteiger partial charge in [-0.2, -0.15) is 9.78 Å². The van der Waals surface area contributed by atoms with Crippen molar-refractivity contribution in [2.24, 2.45) is 5.41 Å². The molecule has 4 heterocycles. The van der Waals surface area contributed by atoms with Gasteiger partial charge < -0.3 is 24.8 Å². The molecule has 3 aliphatic heterocycles. The van der Waals surface area contributed by atoms with E-state index in [4.69, 9.17) is 4.74 Å². The number of carbonyl (C=O) groups is 1. The van der Waals surface area contributed by atoms with E-state index in [9.17, 15) is 18.4 Å². The second-order valence-electron chi connectivity index (χ2n) is 12.0. The van der Waals surface area contributed by atoms with Gasteiger partial charge in [-0.15, -0.1) is 0 Å². The fourth-order valence-electron chi connectivity index (χ4n) is 6.87. The van der Waals surface area contributed by atoms with Crippen LogP contribution < -0.4 is 25.6 Å². The molecule has 0 bridgehead atoms. The van der Waals surface area contributed by atoms with Crippen molar-refractivity contribution in [3.8, 4) is 5.69 Å². The van der Waals surface area contributed by atoms with E-state index in [1.807, 2.05) is 6.07 Å². The van der Waals surface area contributed by atoms with Crippen molar-refractivity contribution in [1.82, 2.24) is 9.78 Å². The average Bonchev–Trinajstić information content (AvgIpc) is 3.54. The van der Waals surface area contributed by atoms with Crippen molar-refractivity contribution in [2.45, 2.75) is 51.2 Å². The minimum atomic E-state index is -0.947. The lowest BCUT2D eigenvalue weighted by atomic mass is 10.1. The first-order valence-corrected chi connectivity index (χ1v) is 14.6. The Morgan fingerprint density at radius 3 is 2.43 bits per heavy atom. The molecule has 3 fully saturated rings. The summed E-state index contributed by atoms with van der Waals surface area (Å²) in [5.41, 5.74) is 2.69. The second-order valence-corrected chi connectivity index (χ2v) is 12.0. The largest absolute Gasteiger partial charge is 0.381 e. The molecule has 0 radical (unpaired) electrons. The van der Waals surface area contributed by atoms with Gasteiger partial charge in [0.15, 0.2) is 11.6 Å². The van der Waals surface area contributed by atoms with Gasteiger partial charge in [0.05, 0.1) is 28.9 Å². The number of benzene rings is 2. The zero-order valence-corrected chi connectivity index (χ0v) is 23.8. The number of carbonyl (C=O) groups excluding carboxylic acids is 1. The minimum absolute atomic E-state index is 0.130. The normalized spacial score (nSPS) is 21.2. The van der Waals surface area contributed by atoms with Gasteiger partial charge >= 0.3 is 0 Å². The van der Waals surface area contributed by atoms with Crippen molar-refractivity contribution >= 4 is 28.7 Å². The van der Waals surface area contributed by atoms with E-state index in [1.54, 1.807) is 0 Å². The maximum absolute atomic E-state index is 14.5. The molecule has 1 aliphatic carbocycles. The van der Waals surface area contributed by atoms with Crippen LogP contribution >= 0.6 is 0 Å². The summed E-state index contributed by atoms with van der Waals surface area (Å²) in [4.78, 5) is 33.3. The van der Waals surface area contributed by atoms with E-state index in [0.29, 0.717) is 21.8 Å². The van der Waals surface area contributed by atoms with Gasteiger partial charge in [0.25, 0.3) is 11.5 Å². The number of anilines is 4. The molecule has 220 valence electrons. The lowest BCUT2D eigenvalue weighted by Gasteiger charge is -2.37. The molecular formula is C31H34F2N6O3. The van der Waals surface area contributed by atoms with E-state index >= 15 is 0 Å².